The predicted molar refractivity (Wildman–Crippen MR) is 105 cm³/mol. The van der Waals surface area contributed by atoms with Crippen LogP contribution in [0, 0.1) is 6.92 Å². The first-order valence-electron chi connectivity index (χ1n) is 8.28. The second-order valence-electron chi connectivity index (χ2n) is 6.07. The van der Waals surface area contributed by atoms with Gasteiger partial charge >= 0.3 is 0 Å². The van der Waals surface area contributed by atoms with Gasteiger partial charge in [0.25, 0.3) is 5.91 Å². The van der Waals surface area contributed by atoms with Crippen molar-refractivity contribution < 1.29 is 4.79 Å². The summed E-state index contributed by atoms with van der Waals surface area (Å²) in [7, 11) is 3.99. The van der Waals surface area contributed by atoms with Crippen molar-refractivity contribution in [3.8, 4) is 0 Å². The van der Waals surface area contributed by atoms with E-state index < -0.39 is 0 Å². The number of hydrogen-bond donors (Lipinski definition) is 2. The first kappa shape index (κ1) is 17.4. The Morgan fingerprint density at radius 3 is 2.27 bits per heavy atom. The topological polar surface area (TPSA) is 70.2 Å². The zero-order valence-electron chi connectivity index (χ0n) is 15.0. The third-order valence-corrected chi connectivity index (χ3v) is 3.76. The fourth-order valence-corrected chi connectivity index (χ4v) is 2.46. The van der Waals surface area contributed by atoms with E-state index in [1.165, 1.54) is 0 Å². The standard InChI is InChI=1S/C20H21N5O/c1-14-21-18(20(26)24-15-7-5-4-6-8-15)13-19(22-14)23-16-9-11-17(12-10-16)25(2)3/h4-13H,1-3H3,(H,24,26)(H,21,22,23). The third-order valence-electron chi connectivity index (χ3n) is 3.76. The molecule has 1 heterocycles. The molecular weight excluding hydrogens is 326 g/mol. The summed E-state index contributed by atoms with van der Waals surface area (Å²) >= 11 is 0. The summed E-state index contributed by atoms with van der Waals surface area (Å²) < 4.78 is 0. The van der Waals surface area contributed by atoms with E-state index in [0.29, 0.717) is 17.3 Å². The molecular formula is C20H21N5O. The smallest absolute Gasteiger partial charge is 0.274 e. The summed E-state index contributed by atoms with van der Waals surface area (Å²) in [4.78, 5) is 23.1. The van der Waals surface area contributed by atoms with Crippen LogP contribution in [0.15, 0.2) is 60.7 Å². The van der Waals surface area contributed by atoms with Crippen LogP contribution < -0.4 is 15.5 Å². The van der Waals surface area contributed by atoms with E-state index in [-0.39, 0.29) is 5.91 Å². The van der Waals surface area contributed by atoms with Crippen LogP contribution in [0.25, 0.3) is 0 Å². The Balaban J connectivity index is 1.77. The van der Waals surface area contributed by atoms with E-state index in [9.17, 15) is 4.79 Å². The lowest BCUT2D eigenvalue weighted by molar-refractivity contribution is 0.102. The van der Waals surface area contributed by atoms with Crippen molar-refractivity contribution in [1.82, 2.24) is 9.97 Å². The summed E-state index contributed by atoms with van der Waals surface area (Å²) in [6.45, 7) is 1.76. The largest absolute Gasteiger partial charge is 0.378 e. The second kappa shape index (κ2) is 7.65. The zero-order chi connectivity index (χ0) is 18.5. The van der Waals surface area contributed by atoms with Crippen molar-refractivity contribution in [3.05, 3.63) is 72.2 Å². The number of benzene rings is 2. The van der Waals surface area contributed by atoms with Crippen molar-refractivity contribution >= 4 is 28.8 Å². The minimum Gasteiger partial charge on any atom is -0.378 e. The van der Waals surface area contributed by atoms with Crippen LogP contribution >= 0.6 is 0 Å². The Bertz CT molecular complexity index is 892. The van der Waals surface area contributed by atoms with Crippen molar-refractivity contribution in [3.63, 3.8) is 0 Å². The summed E-state index contributed by atoms with van der Waals surface area (Å²) in [5.74, 6) is 0.833. The molecule has 0 atom stereocenters. The molecule has 0 aliphatic carbocycles. The molecule has 0 aliphatic rings. The van der Waals surface area contributed by atoms with Gasteiger partial charge in [0.15, 0.2) is 0 Å². The molecule has 3 aromatic rings. The number of amides is 1. The maximum Gasteiger partial charge on any atom is 0.274 e. The highest BCUT2D eigenvalue weighted by molar-refractivity contribution is 6.03. The molecule has 0 saturated heterocycles. The highest BCUT2D eigenvalue weighted by atomic mass is 16.1. The van der Waals surface area contributed by atoms with Gasteiger partial charge in [0.05, 0.1) is 0 Å². The quantitative estimate of drug-likeness (QED) is 0.734. The van der Waals surface area contributed by atoms with Crippen molar-refractivity contribution in [1.29, 1.82) is 0 Å². The number of carbonyl (C=O) groups excluding carboxylic acids is 1. The summed E-state index contributed by atoms with van der Waals surface area (Å²) in [6, 6.07) is 18.9. The van der Waals surface area contributed by atoms with Gasteiger partial charge in [-0.25, -0.2) is 9.97 Å². The molecule has 0 radical (unpaired) electrons. The van der Waals surface area contributed by atoms with E-state index in [1.807, 2.05) is 73.6 Å². The molecule has 3 rings (SSSR count). The third kappa shape index (κ3) is 4.36. The van der Waals surface area contributed by atoms with Gasteiger partial charge in [-0.2, -0.15) is 0 Å². The molecule has 1 aromatic heterocycles. The minimum absolute atomic E-state index is 0.271. The van der Waals surface area contributed by atoms with Gasteiger partial charge in [0.2, 0.25) is 0 Å². The Morgan fingerprint density at radius 1 is 0.923 bits per heavy atom. The van der Waals surface area contributed by atoms with Gasteiger partial charge < -0.3 is 15.5 Å². The maximum absolute atomic E-state index is 12.5. The normalized spacial score (nSPS) is 10.3. The summed E-state index contributed by atoms with van der Waals surface area (Å²) in [6.07, 6.45) is 0. The van der Waals surface area contributed by atoms with Crippen molar-refractivity contribution in [2.75, 3.05) is 29.6 Å². The molecule has 132 valence electrons. The van der Waals surface area contributed by atoms with Crippen LogP contribution in [-0.4, -0.2) is 30.0 Å². The van der Waals surface area contributed by atoms with Gasteiger partial charge in [-0.1, -0.05) is 18.2 Å². The fraction of sp³-hybridized carbons (Fsp3) is 0.150. The molecule has 0 fully saturated rings. The van der Waals surface area contributed by atoms with Crippen LogP contribution in [0.1, 0.15) is 16.3 Å². The number of para-hydroxylation sites is 1. The number of anilines is 4. The number of nitrogens with one attached hydrogen (secondary N) is 2. The van der Waals surface area contributed by atoms with Crippen LogP contribution in [0.3, 0.4) is 0 Å². The Hall–Kier alpha value is -3.41. The molecule has 2 aromatic carbocycles. The number of rotatable bonds is 5. The lowest BCUT2D eigenvalue weighted by Crippen LogP contribution is -2.15. The SMILES string of the molecule is Cc1nc(Nc2ccc(N(C)C)cc2)cc(C(=O)Nc2ccccc2)n1. The molecule has 6 heteroatoms. The fourth-order valence-electron chi connectivity index (χ4n) is 2.46. The van der Waals surface area contributed by atoms with Gasteiger partial charge in [-0.05, 0) is 43.3 Å². The molecule has 1 amide bonds. The van der Waals surface area contributed by atoms with Gasteiger partial charge in [-0.3, -0.25) is 4.79 Å². The molecule has 0 unspecified atom stereocenters. The molecule has 0 bridgehead atoms. The lowest BCUT2D eigenvalue weighted by Gasteiger charge is -2.13. The average Bonchev–Trinajstić information content (AvgIpc) is 2.62. The van der Waals surface area contributed by atoms with Crippen molar-refractivity contribution in [2.24, 2.45) is 0 Å². The molecule has 6 nitrogen and oxygen atoms in total. The van der Waals surface area contributed by atoms with E-state index in [4.69, 9.17) is 0 Å². The summed E-state index contributed by atoms with van der Waals surface area (Å²) in [5, 5.41) is 6.05. The van der Waals surface area contributed by atoms with E-state index in [0.717, 1.165) is 17.1 Å². The number of carbonyl (C=O) groups is 1. The second-order valence-corrected chi connectivity index (χ2v) is 6.07. The summed E-state index contributed by atoms with van der Waals surface area (Å²) in [5.41, 5.74) is 3.04. The molecule has 0 aliphatic heterocycles. The van der Waals surface area contributed by atoms with Crippen LogP contribution in [-0.2, 0) is 0 Å². The lowest BCUT2D eigenvalue weighted by atomic mass is 10.2. The van der Waals surface area contributed by atoms with Crippen LogP contribution in [0.2, 0.25) is 0 Å². The predicted octanol–water partition coefficient (Wildman–Crippen LogP) is 3.85. The minimum atomic E-state index is -0.271. The van der Waals surface area contributed by atoms with Crippen LogP contribution in [0.5, 0.6) is 0 Å². The van der Waals surface area contributed by atoms with Gasteiger partial charge in [-0.15, -0.1) is 0 Å². The monoisotopic (exact) mass is 347 g/mol. The Kier molecular flexibility index (Phi) is 5.12. The highest BCUT2D eigenvalue weighted by Crippen LogP contribution is 2.20. The molecule has 0 spiro atoms. The maximum atomic E-state index is 12.5. The number of nitrogens with zero attached hydrogens (tertiary/aromatic N) is 3. The van der Waals surface area contributed by atoms with Crippen molar-refractivity contribution in [2.45, 2.75) is 6.92 Å². The van der Waals surface area contributed by atoms with E-state index >= 15 is 0 Å². The van der Waals surface area contributed by atoms with Crippen LogP contribution in [0.4, 0.5) is 22.9 Å². The van der Waals surface area contributed by atoms with E-state index in [1.54, 1.807) is 13.0 Å². The van der Waals surface area contributed by atoms with E-state index in [2.05, 4.69) is 20.6 Å². The average molecular weight is 347 g/mol. The molecule has 2 N–H and O–H groups in total. The Labute approximate surface area is 152 Å². The Morgan fingerprint density at radius 2 is 1.62 bits per heavy atom. The highest BCUT2D eigenvalue weighted by Gasteiger charge is 2.11. The number of hydrogen-bond acceptors (Lipinski definition) is 5. The first-order chi connectivity index (χ1) is 12.5. The first-order valence-corrected chi connectivity index (χ1v) is 8.28. The van der Waals surface area contributed by atoms with Gasteiger partial charge in [0.1, 0.15) is 17.3 Å². The molecule has 0 saturated carbocycles. The number of aromatic nitrogens is 2. The molecule has 26 heavy (non-hydrogen) atoms. The van der Waals surface area contributed by atoms with Gasteiger partial charge in [0, 0.05) is 37.2 Å². The number of aryl methyl sites for hydroxylation is 1. The zero-order valence-corrected chi connectivity index (χ0v) is 15.0.